The van der Waals surface area contributed by atoms with E-state index >= 15 is 0 Å². The average molecular weight is 290 g/mol. The molecule has 0 aliphatic rings. The van der Waals surface area contributed by atoms with Crippen LogP contribution < -0.4 is 0 Å². The Balaban J connectivity index is 0.00000128. The molecule has 0 fully saturated rings. The van der Waals surface area contributed by atoms with Crippen molar-refractivity contribution < 1.29 is 4.39 Å². The first-order valence-electron chi connectivity index (χ1n) is 7.03. The minimum atomic E-state index is -0.271. The molecule has 0 spiro atoms. The Morgan fingerprint density at radius 2 is 1.95 bits per heavy atom. The van der Waals surface area contributed by atoms with Gasteiger partial charge in [-0.2, -0.15) is 0 Å². The number of hydrogen-bond donors (Lipinski definition) is 0. The molecule has 0 N–H and O–H groups in total. The maximum Gasteiger partial charge on any atom is 0.149 e. The predicted octanol–water partition coefficient (Wildman–Crippen LogP) is 5.45. The van der Waals surface area contributed by atoms with Crippen LogP contribution in [-0.4, -0.2) is 17.2 Å². The molecule has 21 heavy (non-hydrogen) atoms. The van der Waals surface area contributed by atoms with Crippen molar-refractivity contribution in [2.75, 3.05) is 0 Å². The summed E-state index contributed by atoms with van der Waals surface area (Å²) in [7, 11) is 0. The number of nitrogens with zero attached hydrogens (tertiary/aromatic N) is 2. The maximum atomic E-state index is 13.5. The van der Waals surface area contributed by atoms with E-state index in [-0.39, 0.29) is 18.8 Å². The molecule has 1 aromatic carbocycles. The summed E-state index contributed by atoms with van der Waals surface area (Å²) in [4.78, 5) is 8.27. The number of rotatable bonds is 4. The SMILES string of the molecule is C.C=NC(C)(C)CCc1cnc2c(F)cccc2c1.CC. The van der Waals surface area contributed by atoms with E-state index in [9.17, 15) is 4.39 Å². The summed E-state index contributed by atoms with van der Waals surface area (Å²) in [5.41, 5.74) is 1.41. The molecule has 116 valence electrons. The fourth-order valence-electron chi connectivity index (χ4n) is 1.84. The van der Waals surface area contributed by atoms with Gasteiger partial charge >= 0.3 is 0 Å². The van der Waals surface area contributed by atoms with Gasteiger partial charge in [-0.3, -0.25) is 9.98 Å². The van der Waals surface area contributed by atoms with Gasteiger partial charge in [0.25, 0.3) is 0 Å². The molecule has 0 radical (unpaired) electrons. The summed E-state index contributed by atoms with van der Waals surface area (Å²) in [6, 6.07) is 7.01. The van der Waals surface area contributed by atoms with Gasteiger partial charge in [-0.1, -0.05) is 33.4 Å². The molecule has 0 unspecified atom stereocenters. The second kappa shape index (κ2) is 8.50. The number of halogens is 1. The van der Waals surface area contributed by atoms with Crippen LogP contribution in [0.4, 0.5) is 4.39 Å². The third-order valence-electron chi connectivity index (χ3n) is 3.17. The first-order valence-corrected chi connectivity index (χ1v) is 7.03. The van der Waals surface area contributed by atoms with Crippen LogP contribution in [0.2, 0.25) is 0 Å². The Hall–Kier alpha value is -1.77. The Labute approximate surface area is 128 Å². The molecule has 0 saturated carbocycles. The number of para-hydroxylation sites is 1. The molecular weight excluding hydrogens is 263 g/mol. The lowest BCUT2D eigenvalue weighted by Gasteiger charge is -2.18. The number of aryl methyl sites for hydroxylation is 1. The van der Waals surface area contributed by atoms with Crippen molar-refractivity contribution in [3.63, 3.8) is 0 Å². The van der Waals surface area contributed by atoms with Gasteiger partial charge in [0.2, 0.25) is 0 Å². The minimum Gasteiger partial charge on any atom is -0.295 e. The van der Waals surface area contributed by atoms with Crippen LogP contribution in [0, 0.1) is 5.82 Å². The van der Waals surface area contributed by atoms with E-state index < -0.39 is 0 Å². The lowest BCUT2D eigenvalue weighted by molar-refractivity contribution is 0.483. The highest BCUT2D eigenvalue weighted by Gasteiger charge is 2.14. The molecule has 2 nitrogen and oxygen atoms in total. The molecule has 0 amide bonds. The van der Waals surface area contributed by atoms with Crippen LogP contribution in [-0.2, 0) is 6.42 Å². The molecule has 2 aromatic rings. The topological polar surface area (TPSA) is 25.2 Å². The lowest BCUT2D eigenvalue weighted by atomic mass is 9.96. The van der Waals surface area contributed by atoms with Crippen LogP contribution in [0.3, 0.4) is 0 Å². The Bertz CT molecular complexity index is 576. The normalized spacial score (nSPS) is 10.3. The highest BCUT2D eigenvalue weighted by molar-refractivity contribution is 5.79. The Morgan fingerprint density at radius 3 is 2.57 bits per heavy atom. The van der Waals surface area contributed by atoms with Gasteiger partial charge in [-0.15, -0.1) is 0 Å². The van der Waals surface area contributed by atoms with Crippen molar-refractivity contribution in [2.24, 2.45) is 4.99 Å². The van der Waals surface area contributed by atoms with Crippen LogP contribution in [0.1, 0.15) is 47.1 Å². The molecule has 1 heterocycles. The smallest absolute Gasteiger partial charge is 0.149 e. The zero-order valence-electron chi connectivity index (χ0n) is 12.8. The van der Waals surface area contributed by atoms with Crippen molar-refractivity contribution in [2.45, 2.75) is 53.5 Å². The zero-order valence-corrected chi connectivity index (χ0v) is 12.8. The Morgan fingerprint density at radius 1 is 1.29 bits per heavy atom. The molecule has 0 bridgehead atoms. The van der Waals surface area contributed by atoms with Gasteiger partial charge in [-0.25, -0.2) is 4.39 Å². The van der Waals surface area contributed by atoms with Crippen molar-refractivity contribution >= 4 is 17.6 Å². The second-order valence-corrected chi connectivity index (χ2v) is 5.13. The van der Waals surface area contributed by atoms with Crippen molar-refractivity contribution in [1.29, 1.82) is 0 Å². The number of aliphatic imine (C=N–C) groups is 1. The number of hydrogen-bond acceptors (Lipinski definition) is 2. The highest BCUT2D eigenvalue weighted by Crippen LogP contribution is 2.20. The van der Waals surface area contributed by atoms with Gasteiger partial charge in [0.05, 0.1) is 5.54 Å². The van der Waals surface area contributed by atoms with Gasteiger partial charge in [-0.05, 0) is 51.1 Å². The highest BCUT2D eigenvalue weighted by atomic mass is 19.1. The van der Waals surface area contributed by atoms with Crippen molar-refractivity contribution in [3.8, 4) is 0 Å². The number of aromatic nitrogens is 1. The minimum absolute atomic E-state index is 0. The summed E-state index contributed by atoms with van der Waals surface area (Å²) >= 11 is 0. The predicted molar refractivity (Wildman–Crippen MR) is 91.7 cm³/mol. The maximum absolute atomic E-state index is 13.5. The van der Waals surface area contributed by atoms with E-state index in [0.29, 0.717) is 5.52 Å². The van der Waals surface area contributed by atoms with Crippen LogP contribution in [0.15, 0.2) is 35.5 Å². The fourth-order valence-corrected chi connectivity index (χ4v) is 1.84. The number of benzene rings is 1. The average Bonchev–Trinajstić information content (AvgIpc) is 2.47. The summed E-state index contributed by atoms with van der Waals surface area (Å²) < 4.78 is 13.5. The van der Waals surface area contributed by atoms with E-state index in [0.717, 1.165) is 23.8 Å². The monoisotopic (exact) mass is 290 g/mol. The lowest BCUT2D eigenvalue weighted by Crippen LogP contribution is -2.16. The largest absolute Gasteiger partial charge is 0.295 e. The molecule has 0 saturated heterocycles. The van der Waals surface area contributed by atoms with Gasteiger partial charge in [0.15, 0.2) is 0 Å². The summed E-state index contributed by atoms with van der Waals surface area (Å²) in [5.74, 6) is -0.271. The molecule has 1 aromatic heterocycles. The molecule has 0 aliphatic carbocycles. The third-order valence-corrected chi connectivity index (χ3v) is 3.17. The Kier molecular flexibility index (Phi) is 7.79. The third kappa shape index (κ3) is 5.25. The summed E-state index contributed by atoms with van der Waals surface area (Å²) in [6.45, 7) is 11.7. The van der Waals surface area contributed by atoms with Gasteiger partial charge in [0.1, 0.15) is 11.3 Å². The number of fused-ring (bicyclic) bond motifs is 1. The van der Waals surface area contributed by atoms with Crippen LogP contribution in [0.5, 0.6) is 0 Å². The van der Waals surface area contributed by atoms with Crippen molar-refractivity contribution in [3.05, 3.63) is 41.8 Å². The first-order chi connectivity index (χ1) is 9.52. The summed E-state index contributed by atoms with van der Waals surface area (Å²) in [5, 5.41) is 0.844. The quantitative estimate of drug-likeness (QED) is 0.687. The molecular formula is C18H27FN2. The first kappa shape index (κ1) is 19.2. The standard InChI is InChI=1S/C15H17FN2.C2H6.CH4/c1-15(2,17-3)8-7-11-9-12-5-4-6-13(16)14(12)18-10-11;1-2;/h4-6,9-10H,3,7-8H2,1-2H3;1-2H3;1H4. The molecule has 2 rings (SSSR count). The van der Waals surface area contributed by atoms with E-state index in [2.05, 4.69) is 16.7 Å². The van der Waals surface area contributed by atoms with Gasteiger partial charge in [0, 0.05) is 11.6 Å². The van der Waals surface area contributed by atoms with E-state index in [1.807, 2.05) is 39.8 Å². The number of pyridine rings is 1. The van der Waals surface area contributed by atoms with E-state index in [1.165, 1.54) is 6.07 Å². The van der Waals surface area contributed by atoms with Gasteiger partial charge < -0.3 is 0 Å². The fraction of sp³-hybridized carbons (Fsp3) is 0.444. The molecule has 0 atom stereocenters. The van der Waals surface area contributed by atoms with E-state index in [1.54, 1.807) is 12.3 Å². The van der Waals surface area contributed by atoms with Crippen molar-refractivity contribution in [1.82, 2.24) is 4.98 Å². The second-order valence-electron chi connectivity index (χ2n) is 5.13. The van der Waals surface area contributed by atoms with Crippen LogP contribution >= 0.6 is 0 Å². The molecule has 3 heteroatoms. The zero-order chi connectivity index (χ0) is 15.2. The summed E-state index contributed by atoms with van der Waals surface area (Å²) in [6.07, 6.45) is 3.51. The van der Waals surface area contributed by atoms with Crippen LogP contribution in [0.25, 0.3) is 10.9 Å². The van der Waals surface area contributed by atoms with E-state index in [4.69, 9.17) is 0 Å². The molecule has 0 aliphatic heterocycles.